The third kappa shape index (κ3) is 7.37. The number of fused-ring (bicyclic) bond motifs is 1. The summed E-state index contributed by atoms with van der Waals surface area (Å²) < 4.78 is 37.0. The van der Waals surface area contributed by atoms with Gasteiger partial charge in [-0.1, -0.05) is 12.1 Å². The van der Waals surface area contributed by atoms with Crippen molar-refractivity contribution in [1.29, 1.82) is 0 Å². The van der Waals surface area contributed by atoms with Crippen molar-refractivity contribution in [3.05, 3.63) is 63.9 Å². The van der Waals surface area contributed by atoms with Crippen LogP contribution in [0.4, 0.5) is 19.1 Å². The maximum absolute atomic E-state index is 12.5. The van der Waals surface area contributed by atoms with Crippen LogP contribution in [0.3, 0.4) is 0 Å². The number of carboxylic acids is 1. The zero-order valence-corrected chi connectivity index (χ0v) is 19.4. The number of methoxy groups -OCH3 is 1. The van der Waals surface area contributed by atoms with E-state index in [1.54, 1.807) is 19.5 Å². The molecule has 0 saturated carbocycles. The van der Waals surface area contributed by atoms with Gasteiger partial charge in [0.25, 0.3) is 5.91 Å². The molecule has 0 aliphatic carbocycles. The molecule has 0 spiro atoms. The van der Waals surface area contributed by atoms with E-state index in [-0.39, 0.29) is 5.91 Å². The van der Waals surface area contributed by atoms with Crippen LogP contribution < -0.4 is 15.0 Å². The van der Waals surface area contributed by atoms with Crippen LogP contribution in [0.15, 0.2) is 42.7 Å². The molecule has 35 heavy (non-hydrogen) atoms. The minimum absolute atomic E-state index is 0.135. The minimum Gasteiger partial charge on any atom is -0.497 e. The topological polar surface area (TPSA) is 118 Å². The lowest BCUT2D eigenvalue weighted by Crippen LogP contribution is -2.28. The summed E-state index contributed by atoms with van der Waals surface area (Å²) >= 11 is 1.48. The second-order valence-electron chi connectivity index (χ2n) is 7.26. The van der Waals surface area contributed by atoms with Gasteiger partial charge in [-0.05, 0) is 23.8 Å². The molecular formula is C22H22F3N5O4S. The fourth-order valence-electron chi connectivity index (χ4n) is 3.16. The monoisotopic (exact) mass is 509 g/mol. The molecule has 0 unspecified atom stereocenters. The standard InChI is InChI=1S/C20H21N5O2S.C2HF3O2/c1-27-15-5-2-4-14(12-15)13-23-18(26)19-24-16-6-10-25(11-7-17(16)28-19)20-21-8-3-9-22-20;3-2(4,5)1(6)7/h2-5,8-9,12H,6-7,10-11,13H2,1H3,(H,23,26);(H,6,7). The summed E-state index contributed by atoms with van der Waals surface area (Å²) in [5.74, 6) is -1.37. The van der Waals surface area contributed by atoms with Crippen LogP contribution in [-0.2, 0) is 24.2 Å². The maximum atomic E-state index is 12.5. The summed E-state index contributed by atoms with van der Waals surface area (Å²) in [7, 11) is 1.63. The Labute approximate surface area is 202 Å². The highest BCUT2D eigenvalue weighted by atomic mass is 32.1. The Morgan fingerprint density at radius 2 is 1.86 bits per heavy atom. The van der Waals surface area contributed by atoms with Gasteiger partial charge < -0.3 is 20.1 Å². The van der Waals surface area contributed by atoms with E-state index >= 15 is 0 Å². The maximum Gasteiger partial charge on any atom is 0.490 e. The highest BCUT2D eigenvalue weighted by Gasteiger charge is 2.38. The summed E-state index contributed by atoms with van der Waals surface area (Å²) in [6.45, 7) is 2.06. The number of halogens is 3. The fraction of sp³-hybridized carbons (Fsp3) is 0.318. The zero-order valence-electron chi connectivity index (χ0n) is 18.6. The number of carbonyl (C=O) groups is 2. The van der Waals surface area contributed by atoms with E-state index in [1.807, 2.05) is 30.3 Å². The second-order valence-corrected chi connectivity index (χ2v) is 8.35. The molecule has 3 aromatic rings. The van der Waals surface area contributed by atoms with E-state index in [0.717, 1.165) is 48.9 Å². The molecule has 0 fully saturated rings. The quantitative estimate of drug-likeness (QED) is 0.539. The number of alkyl halides is 3. The average Bonchev–Trinajstić information content (AvgIpc) is 3.16. The number of nitrogens with one attached hydrogen (secondary N) is 1. The van der Waals surface area contributed by atoms with Crippen LogP contribution in [0.5, 0.6) is 5.75 Å². The Bertz CT molecular complexity index is 1130. The molecule has 13 heteroatoms. The molecule has 1 aliphatic heterocycles. The predicted molar refractivity (Wildman–Crippen MR) is 122 cm³/mol. The Morgan fingerprint density at radius 3 is 2.51 bits per heavy atom. The smallest absolute Gasteiger partial charge is 0.490 e. The predicted octanol–water partition coefficient (Wildman–Crippen LogP) is 3.11. The van der Waals surface area contributed by atoms with Gasteiger partial charge in [0.05, 0.1) is 12.8 Å². The van der Waals surface area contributed by atoms with Gasteiger partial charge in [-0.2, -0.15) is 13.2 Å². The fourth-order valence-corrected chi connectivity index (χ4v) is 4.17. The highest BCUT2D eigenvalue weighted by molar-refractivity contribution is 7.13. The van der Waals surface area contributed by atoms with E-state index in [0.29, 0.717) is 11.6 Å². The summed E-state index contributed by atoms with van der Waals surface area (Å²) in [6, 6.07) is 9.48. The van der Waals surface area contributed by atoms with Crippen molar-refractivity contribution in [2.45, 2.75) is 25.6 Å². The molecule has 1 aliphatic rings. The van der Waals surface area contributed by atoms with Crippen molar-refractivity contribution in [3.8, 4) is 5.75 Å². The summed E-state index contributed by atoms with van der Waals surface area (Å²) in [5.41, 5.74) is 2.00. The normalized spacial score (nSPS) is 13.1. The number of ether oxygens (including phenoxy) is 1. The summed E-state index contributed by atoms with van der Waals surface area (Å²) in [5, 5.41) is 10.6. The number of aromatic nitrogens is 3. The van der Waals surface area contributed by atoms with Crippen molar-refractivity contribution in [3.63, 3.8) is 0 Å². The van der Waals surface area contributed by atoms with Gasteiger partial charge in [0.1, 0.15) is 5.75 Å². The molecule has 1 amide bonds. The highest BCUT2D eigenvalue weighted by Crippen LogP contribution is 2.24. The molecule has 9 nitrogen and oxygen atoms in total. The molecule has 186 valence electrons. The Morgan fingerprint density at radius 1 is 1.17 bits per heavy atom. The Balaban J connectivity index is 0.000000429. The minimum atomic E-state index is -5.08. The largest absolute Gasteiger partial charge is 0.497 e. The molecule has 3 heterocycles. The molecule has 2 aromatic heterocycles. The molecular weight excluding hydrogens is 487 g/mol. The molecule has 1 aromatic carbocycles. The van der Waals surface area contributed by atoms with Crippen LogP contribution >= 0.6 is 11.3 Å². The number of hydrogen-bond donors (Lipinski definition) is 2. The number of amides is 1. The molecule has 0 radical (unpaired) electrons. The number of benzene rings is 1. The zero-order chi connectivity index (χ0) is 25.4. The molecule has 0 saturated heterocycles. The molecule has 0 bridgehead atoms. The lowest BCUT2D eigenvalue weighted by Gasteiger charge is -2.19. The van der Waals surface area contributed by atoms with Crippen molar-refractivity contribution < 1.29 is 32.6 Å². The van der Waals surface area contributed by atoms with Gasteiger partial charge in [-0.15, -0.1) is 11.3 Å². The van der Waals surface area contributed by atoms with Crippen LogP contribution in [0, 0.1) is 0 Å². The van der Waals surface area contributed by atoms with Gasteiger partial charge >= 0.3 is 12.1 Å². The van der Waals surface area contributed by atoms with Crippen molar-refractivity contribution in [2.24, 2.45) is 0 Å². The van der Waals surface area contributed by atoms with Gasteiger partial charge in [0.2, 0.25) is 5.95 Å². The SMILES string of the molecule is COc1cccc(CNC(=O)c2nc3c(s2)CCN(c2ncccn2)CC3)c1.O=C(O)C(F)(F)F. The first-order chi connectivity index (χ1) is 16.7. The van der Waals surface area contributed by atoms with E-state index < -0.39 is 12.1 Å². The lowest BCUT2D eigenvalue weighted by atomic mass is 10.2. The summed E-state index contributed by atoms with van der Waals surface area (Å²) in [6.07, 6.45) is 0.0552. The first kappa shape index (κ1) is 25.9. The number of aliphatic carboxylic acids is 1. The van der Waals surface area contributed by atoms with E-state index in [2.05, 4.69) is 25.2 Å². The van der Waals surface area contributed by atoms with Crippen LogP contribution in [-0.4, -0.2) is 58.3 Å². The van der Waals surface area contributed by atoms with Crippen LogP contribution in [0.1, 0.15) is 25.9 Å². The number of anilines is 1. The number of rotatable bonds is 5. The van der Waals surface area contributed by atoms with E-state index in [1.165, 1.54) is 16.2 Å². The van der Waals surface area contributed by atoms with Crippen LogP contribution in [0.25, 0.3) is 0 Å². The van der Waals surface area contributed by atoms with Crippen LogP contribution in [0.2, 0.25) is 0 Å². The third-order valence-electron chi connectivity index (χ3n) is 4.86. The van der Waals surface area contributed by atoms with E-state index in [4.69, 9.17) is 14.6 Å². The number of carboxylic acid groups (broad SMARTS) is 1. The van der Waals surface area contributed by atoms with Crippen molar-refractivity contribution >= 4 is 29.2 Å². The van der Waals surface area contributed by atoms with Gasteiger partial charge in [0.15, 0.2) is 5.01 Å². The number of thiazole rings is 1. The Kier molecular flexibility index (Phi) is 8.58. The lowest BCUT2D eigenvalue weighted by molar-refractivity contribution is -0.192. The van der Waals surface area contributed by atoms with E-state index in [9.17, 15) is 18.0 Å². The van der Waals surface area contributed by atoms with Crippen molar-refractivity contribution in [1.82, 2.24) is 20.3 Å². The van der Waals surface area contributed by atoms with Crippen molar-refractivity contribution in [2.75, 3.05) is 25.1 Å². The molecule has 0 atom stereocenters. The first-order valence-corrected chi connectivity index (χ1v) is 11.2. The van der Waals surface area contributed by atoms with Gasteiger partial charge in [-0.25, -0.2) is 19.7 Å². The second kappa shape index (κ2) is 11.6. The van der Waals surface area contributed by atoms with Gasteiger partial charge in [-0.3, -0.25) is 4.79 Å². The first-order valence-electron chi connectivity index (χ1n) is 10.4. The average molecular weight is 510 g/mol. The van der Waals surface area contributed by atoms with Gasteiger partial charge in [0, 0.05) is 49.7 Å². The molecule has 4 rings (SSSR count). The Hall–Kier alpha value is -3.74. The molecule has 2 N–H and O–H groups in total. The third-order valence-corrected chi connectivity index (χ3v) is 6.02. The number of nitrogens with zero attached hydrogens (tertiary/aromatic N) is 4. The number of hydrogen-bond acceptors (Lipinski definition) is 8. The summed E-state index contributed by atoms with van der Waals surface area (Å²) in [4.78, 5) is 38.0. The number of carbonyl (C=O) groups excluding carboxylic acids is 1.